The fraction of sp³-hybridized carbons (Fsp3) is 0.762. The molecule has 0 amide bonds. The second kappa shape index (κ2) is 14.2. The molecule has 1 aliphatic carbocycles. The van der Waals surface area contributed by atoms with E-state index >= 15 is 0 Å². The van der Waals surface area contributed by atoms with E-state index < -0.39 is 18.3 Å². The molecule has 0 bridgehead atoms. The standard InChI is InChI=1S/C21H35ClO5/c1-27-21(26)11-7-3-2-6-10-17-18(20(25)15-19(17)24)13-12-16(23)9-5-4-8-14-22/h2,6,12-13,16-20,23-25H,3-5,7-11,14-15H2,1H3/b6-2-,13-12+/t16-,17+,18+,19-,20+/m0/s1. The van der Waals surface area contributed by atoms with Crippen molar-refractivity contribution >= 4 is 17.6 Å². The lowest BCUT2D eigenvalue weighted by atomic mass is 9.89. The number of methoxy groups -OCH3 is 1. The van der Waals surface area contributed by atoms with Gasteiger partial charge in [0.05, 0.1) is 25.4 Å². The SMILES string of the molecule is COC(=O)CCC/C=C\C[C@@H]1[C@@H](/C=C/[C@@H](O)CCCCCCl)[C@H](O)C[C@@H]1O. The summed E-state index contributed by atoms with van der Waals surface area (Å²) < 4.78 is 4.60. The van der Waals surface area contributed by atoms with Gasteiger partial charge in [-0.25, -0.2) is 0 Å². The summed E-state index contributed by atoms with van der Waals surface area (Å²) in [6.45, 7) is 0. The molecule has 0 aliphatic heterocycles. The Bertz CT molecular complexity index is 465. The van der Waals surface area contributed by atoms with Crippen LogP contribution in [-0.4, -0.2) is 52.6 Å². The quantitative estimate of drug-likeness (QED) is 0.190. The van der Waals surface area contributed by atoms with Gasteiger partial charge < -0.3 is 20.1 Å². The monoisotopic (exact) mass is 402 g/mol. The lowest BCUT2D eigenvalue weighted by Gasteiger charge is -2.19. The Morgan fingerprint density at radius 1 is 1.19 bits per heavy atom. The summed E-state index contributed by atoms with van der Waals surface area (Å²) in [7, 11) is 1.38. The molecule has 0 unspecified atom stereocenters. The van der Waals surface area contributed by atoms with Crippen molar-refractivity contribution in [2.45, 2.75) is 76.1 Å². The topological polar surface area (TPSA) is 87.0 Å². The lowest BCUT2D eigenvalue weighted by Crippen LogP contribution is -2.20. The van der Waals surface area contributed by atoms with Crippen molar-refractivity contribution in [2.24, 2.45) is 11.8 Å². The Balaban J connectivity index is 2.42. The van der Waals surface area contributed by atoms with Crippen molar-refractivity contribution in [3.05, 3.63) is 24.3 Å². The summed E-state index contributed by atoms with van der Waals surface area (Å²) in [5.74, 6) is 0.230. The predicted molar refractivity (Wildman–Crippen MR) is 108 cm³/mol. The number of rotatable bonds is 13. The number of halogens is 1. The molecule has 1 aliphatic rings. The van der Waals surface area contributed by atoms with E-state index in [2.05, 4.69) is 4.74 Å². The molecule has 6 heteroatoms. The minimum absolute atomic E-state index is 0.0587. The number of unbranched alkanes of at least 4 members (excludes halogenated alkanes) is 3. The second-order valence-electron chi connectivity index (χ2n) is 7.28. The van der Waals surface area contributed by atoms with Gasteiger partial charge in [-0.2, -0.15) is 0 Å². The molecule has 0 spiro atoms. The fourth-order valence-corrected chi connectivity index (χ4v) is 3.71. The van der Waals surface area contributed by atoms with E-state index in [1.54, 1.807) is 6.08 Å². The molecule has 0 aromatic rings. The number of hydrogen-bond donors (Lipinski definition) is 3. The molecule has 1 saturated carbocycles. The maximum Gasteiger partial charge on any atom is 0.305 e. The lowest BCUT2D eigenvalue weighted by molar-refractivity contribution is -0.140. The Morgan fingerprint density at radius 3 is 2.67 bits per heavy atom. The molecule has 5 nitrogen and oxygen atoms in total. The molecule has 3 N–H and O–H groups in total. The van der Waals surface area contributed by atoms with Gasteiger partial charge in [-0.05, 0) is 38.0 Å². The Morgan fingerprint density at radius 2 is 1.96 bits per heavy atom. The molecule has 5 atom stereocenters. The number of alkyl halides is 1. The van der Waals surface area contributed by atoms with Crippen LogP contribution in [-0.2, 0) is 9.53 Å². The molecule has 1 rings (SSSR count). The average Bonchev–Trinajstić information content (AvgIpc) is 2.92. The van der Waals surface area contributed by atoms with Crippen LogP contribution in [0.2, 0.25) is 0 Å². The van der Waals surface area contributed by atoms with E-state index in [9.17, 15) is 20.1 Å². The number of hydrogen-bond acceptors (Lipinski definition) is 5. The highest BCUT2D eigenvalue weighted by molar-refractivity contribution is 6.17. The van der Waals surface area contributed by atoms with E-state index in [0.29, 0.717) is 31.6 Å². The molecule has 0 aromatic heterocycles. The number of aliphatic hydroxyl groups excluding tert-OH is 3. The van der Waals surface area contributed by atoms with Crippen LogP contribution in [0, 0.1) is 11.8 Å². The van der Waals surface area contributed by atoms with Gasteiger partial charge in [0, 0.05) is 24.6 Å². The van der Waals surface area contributed by atoms with Gasteiger partial charge in [-0.1, -0.05) is 37.1 Å². The summed E-state index contributed by atoms with van der Waals surface area (Å²) in [6, 6.07) is 0. The molecular formula is C21H35ClO5. The largest absolute Gasteiger partial charge is 0.469 e. The van der Waals surface area contributed by atoms with Gasteiger partial charge >= 0.3 is 5.97 Å². The molecular weight excluding hydrogens is 368 g/mol. The Kier molecular flexibility index (Phi) is 12.7. The molecule has 27 heavy (non-hydrogen) atoms. The first kappa shape index (κ1) is 24.2. The third-order valence-corrected chi connectivity index (χ3v) is 5.43. The van der Waals surface area contributed by atoms with Crippen LogP contribution < -0.4 is 0 Å². The first-order valence-corrected chi connectivity index (χ1v) is 10.5. The summed E-state index contributed by atoms with van der Waals surface area (Å²) in [4.78, 5) is 11.1. The molecule has 0 saturated heterocycles. The first-order valence-electron chi connectivity index (χ1n) is 9.99. The summed E-state index contributed by atoms with van der Waals surface area (Å²) in [6.07, 6.45) is 12.5. The number of allylic oxidation sites excluding steroid dienone is 2. The normalized spacial score (nSPS) is 26.9. The highest BCUT2D eigenvalue weighted by Crippen LogP contribution is 2.36. The number of ether oxygens (including phenoxy) is 1. The first-order chi connectivity index (χ1) is 13.0. The van der Waals surface area contributed by atoms with Gasteiger partial charge in [0.1, 0.15) is 0 Å². The van der Waals surface area contributed by atoms with E-state index in [0.717, 1.165) is 32.1 Å². The summed E-state index contributed by atoms with van der Waals surface area (Å²) >= 11 is 5.65. The van der Waals surface area contributed by atoms with Gasteiger partial charge in [-0.3, -0.25) is 4.79 Å². The van der Waals surface area contributed by atoms with Gasteiger partial charge in [0.15, 0.2) is 0 Å². The number of aliphatic hydroxyl groups is 3. The average molecular weight is 403 g/mol. The van der Waals surface area contributed by atoms with Crippen LogP contribution in [0.5, 0.6) is 0 Å². The Labute approximate surface area is 168 Å². The summed E-state index contributed by atoms with van der Waals surface area (Å²) in [5, 5.41) is 30.5. The number of carbonyl (C=O) groups is 1. The van der Waals surface area contributed by atoms with Gasteiger partial charge in [-0.15, -0.1) is 11.6 Å². The van der Waals surface area contributed by atoms with Crippen LogP contribution >= 0.6 is 11.6 Å². The number of carbonyl (C=O) groups excluding carboxylic acids is 1. The van der Waals surface area contributed by atoms with Crippen molar-refractivity contribution in [3.63, 3.8) is 0 Å². The van der Waals surface area contributed by atoms with Crippen molar-refractivity contribution in [1.82, 2.24) is 0 Å². The van der Waals surface area contributed by atoms with E-state index in [1.807, 2.05) is 18.2 Å². The molecule has 0 heterocycles. The summed E-state index contributed by atoms with van der Waals surface area (Å²) in [5.41, 5.74) is 0. The molecule has 156 valence electrons. The van der Waals surface area contributed by atoms with Crippen molar-refractivity contribution in [1.29, 1.82) is 0 Å². The van der Waals surface area contributed by atoms with Crippen LogP contribution in [0.1, 0.15) is 57.8 Å². The minimum atomic E-state index is -0.586. The van der Waals surface area contributed by atoms with E-state index in [-0.39, 0.29) is 17.8 Å². The van der Waals surface area contributed by atoms with Crippen LogP contribution in [0.3, 0.4) is 0 Å². The van der Waals surface area contributed by atoms with Gasteiger partial charge in [0.2, 0.25) is 0 Å². The zero-order valence-corrected chi connectivity index (χ0v) is 17.1. The van der Waals surface area contributed by atoms with Crippen molar-refractivity contribution in [2.75, 3.05) is 13.0 Å². The highest BCUT2D eigenvalue weighted by atomic mass is 35.5. The predicted octanol–water partition coefficient (Wildman–Crippen LogP) is 3.35. The zero-order valence-electron chi connectivity index (χ0n) is 16.3. The van der Waals surface area contributed by atoms with E-state index in [1.165, 1.54) is 7.11 Å². The maximum absolute atomic E-state index is 11.1. The van der Waals surface area contributed by atoms with E-state index in [4.69, 9.17) is 11.6 Å². The van der Waals surface area contributed by atoms with Crippen LogP contribution in [0.4, 0.5) is 0 Å². The minimum Gasteiger partial charge on any atom is -0.469 e. The second-order valence-corrected chi connectivity index (χ2v) is 7.66. The van der Waals surface area contributed by atoms with Crippen molar-refractivity contribution < 1.29 is 24.9 Å². The molecule has 1 fully saturated rings. The Hall–Kier alpha value is -0.880. The third-order valence-electron chi connectivity index (χ3n) is 5.16. The molecule has 0 radical (unpaired) electrons. The maximum atomic E-state index is 11.1. The smallest absolute Gasteiger partial charge is 0.305 e. The third kappa shape index (κ3) is 9.74. The van der Waals surface area contributed by atoms with Crippen molar-refractivity contribution in [3.8, 4) is 0 Å². The van der Waals surface area contributed by atoms with Crippen LogP contribution in [0.15, 0.2) is 24.3 Å². The van der Waals surface area contributed by atoms with Gasteiger partial charge in [0.25, 0.3) is 0 Å². The highest BCUT2D eigenvalue weighted by Gasteiger charge is 2.39. The molecule has 0 aromatic carbocycles. The van der Waals surface area contributed by atoms with Crippen LogP contribution in [0.25, 0.3) is 0 Å². The fourth-order valence-electron chi connectivity index (χ4n) is 3.52. The zero-order chi connectivity index (χ0) is 20.1. The number of esters is 1.